The molecule has 1 aliphatic rings. The lowest BCUT2D eigenvalue weighted by atomic mass is 10.1. The molecule has 2 amide bonds. The molecule has 0 atom stereocenters. The fraction of sp³-hybridized carbons (Fsp3) is 0.833. The van der Waals surface area contributed by atoms with Crippen molar-refractivity contribution in [3.63, 3.8) is 0 Å². The van der Waals surface area contributed by atoms with Crippen molar-refractivity contribution in [1.29, 1.82) is 0 Å². The number of rotatable bonds is 4. The van der Waals surface area contributed by atoms with E-state index in [1.165, 1.54) is 0 Å². The zero-order valence-corrected chi connectivity index (χ0v) is 14.0. The highest BCUT2D eigenvalue weighted by Gasteiger charge is 2.22. The summed E-state index contributed by atoms with van der Waals surface area (Å²) in [6.07, 6.45) is 0.339. The van der Waals surface area contributed by atoms with Gasteiger partial charge in [-0.1, -0.05) is 0 Å². The molecular formula is C12H26Cl2N4O2. The average Bonchev–Trinajstić information content (AvgIpc) is 2.28. The molecule has 120 valence electrons. The van der Waals surface area contributed by atoms with Gasteiger partial charge in [0.2, 0.25) is 11.8 Å². The van der Waals surface area contributed by atoms with E-state index in [4.69, 9.17) is 5.73 Å². The van der Waals surface area contributed by atoms with Gasteiger partial charge in [-0.05, 0) is 20.9 Å². The molecule has 1 heterocycles. The zero-order chi connectivity index (χ0) is 13.8. The summed E-state index contributed by atoms with van der Waals surface area (Å²) in [5, 5.41) is 2.68. The van der Waals surface area contributed by atoms with Crippen molar-refractivity contribution in [2.24, 2.45) is 5.73 Å². The van der Waals surface area contributed by atoms with Crippen LogP contribution in [0.5, 0.6) is 0 Å². The number of carbonyl (C=O) groups excluding carboxylic acids is 2. The van der Waals surface area contributed by atoms with Gasteiger partial charge in [-0.15, -0.1) is 24.8 Å². The Bertz CT molecular complexity index is 313. The maximum absolute atomic E-state index is 11.9. The lowest BCUT2D eigenvalue weighted by molar-refractivity contribution is -0.132. The van der Waals surface area contributed by atoms with Crippen molar-refractivity contribution in [2.45, 2.75) is 25.8 Å². The van der Waals surface area contributed by atoms with E-state index in [-0.39, 0.29) is 36.6 Å². The Morgan fingerprint density at radius 2 is 1.65 bits per heavy atom. The van der Waals surface area contributed by atoms with E-state index < -0.39 is 5.54 Å². The Morgan fingerprint density at radius 1 is 1.15 bits per heavy atom. The number of amides is 2. The SMILES string of the molecule is CN1CCN(C(=O)CCNC(=O)C(C)(C)N)CC1.Cl.Cl. The molecule has 20 heavy (non-hydrogen) atoms. The molecule has 6 nitrogen and oxygen atoms in total. The summed E-state index contributed by atoms with van der Waals surface area (Å²) in [5.41, 5.74) is 4.75. The summed E-state index contributed by atoms with van der Waals surface area (Å²) < 4.78 is 0. The molecule has 0 aromatic rings. The van der Waals surface area contributed by atoms with Gasteiger partial charge in [0.15, 0.2) is 0 Å². The molecule has 0 bridgehead atoms. The van der Waals surface area contributed by atoms with E-state index in [9.17, 15) is 9.59 Å². The summed E-state index contributed by atoms with van der Waals surface area (Å²) in [7, 11) is 2.05. The minimum atomic E-state index is -0.892. The Labute approximate surface area is 133 Å². The second-order valence-electron chi connectivity index (χ2n) is 5.41. The molecule has 0 aromatic carbocycles. The minimum absolute atomic E-state index is 0. The fourth-order valence-electron chi connectivity index (χ4n) is 1.72. The standard InChI is InChI=1S/C12H24N4O2.2ClH/c1-12(2,13)11(18)14-5-4-10(17)16-8-6-15(3)7-9-16;;/h4-9,13H2,1-3H3,(H,14,18);2*1H. The van der Waals surface area contributed by atoms with Crippen LogP contribution in [0.1, 0.15) is 20.3 Å². The number of hydrogen-bond acceptors (Lipinski definition) is 4. The van der Waals surface area contributed by atoms with E-state index in [2.05, 4.69) is 10.2 Å². The third-order valence-corrected chi connectivity index (χ3v) is 3.07. The summed E-state index contributed by atoms with van der Waals surface area (Å²) in [5.74, 6) is -0.132. The Morgan fingerprint density at radius 3 is 2.10 bits per heavy atom. The smallest absolute Gasteiger partial charge is 0.239 e. The molecule has 0 aromatic heterocycles. The topological polar surface area (TPSA) is 78.7 Å². The summed E-state index contributed by atoms with van der Waals surface area (Å²) in [6.45, 7) is 7.00. The van der Waals surface area contributed by atoms with Crippen molar-refractivity contribution in [1.82, 2.24) is 15.1 Å². The molecule has 0 saturated carbocycles. The second-order valence-corrected chi connectivity index (χ2v) is 5.41. The third kappa shape index (κ3) is 7.28. The van der Waals surface area contributed by atoms with Crippen LogP contribution >= 0.6 is 24.8 Å². The molecule has 3 N–H and O–H groups in total. The number of nitrogens with one attached hydrogen (secondary N) is 1. The second kappa shape index (κ2) is 9.39. The predicted octanol–water partition coefficient (Wildman–Crippen LogP) is -0.152. The fourth-order valence-corrected chi connectivity index (χ4v) is 1.72. The van der Waals surface area contributed by atoms with Gasteiger partial charge in [0, 0.05) is 39.1 Å². The highest BCUT2D eigenvalue weighted by Crippen LogP contribution is 2.02. The molecule has 1 rings (SSSR count). The van der Waals surface area contributed by atoms with Gasteiger partial charge in [0.25, 0.3) is 0 Å². The number of nitrogens with two attached hydrogens (primary N) is 1. The number of carbonyl (C=O) groups is 2. The van der Waals surface area contributed by atoms with Gasteiger partial charge < -0.3 is 20.9 Å². The first-order valence-corrected chi connectivity index (χ1v) is 6.34. The third-order valence-electron chi connectivity index (χ3n) is 3.07. The van der Waals surface area contributed by atoms with Gasteiger partial charge >= 0.3 is 0 Å². The van der Waals surface area contributed by atoms with Crippen LogP contribution in [0.2, 0.25) is 0 Å². The van der Waals surface area contributed by atoms with E-state index in [1.807, 2.05) is 11.9 Å². The van der Waals surface area contributed by atoms with Gasteiger partial charge in [0.1, 0.15) is 0 Å². The van der Waals surface area contributed by atoms with E-state index in [0.717, 1.165) is 26.2 Å². The van der Waals surface area contributed by atoms with Crippen LogP contribution in [0, 0.1) is 0 Å². The molecule has 1 saturated heterocycles. The summed E-state index contributed by atoms with van der Waals surface area (Å²) >= 11 is 0. The maximum Gasteiger partial charge on any atom is 0.239 e. The molecule has 1 fully saturated rings. The Hall–Kier alpha value is -0.560. The van der Waals surface area contributed by atoms with Crippen molar-refractivity contribution < 1.29 is 9.59 Å². The molecule has 1 aliphatic heterocycles. The number of piperazine rings is 1. The first kappa shape index (κ1) is 21.7. The van der Waals surface area contributed by atoms with E-state index in [0.29, 0.717) is 13.0 Å². The Kier molecular flexibility index (Phi) is 10.2. The maximum atomic E-state index is 11.9. The lowest BCUT2D eigenvalue weighted by Gasteiger charge is -2.32. The van der Waals surface area contributed by atoms with Gasteiger partial charge in [-0.25, -0.2) is 0 Å². The van der Waals surface area contributed by atoms with Crippen molar-refractivity contribution in [2.75, 3.05) is 39.8 Å². The van der Waals surface area contributed by atoms with E-state index >= 15 is 0 Å². The van der Waals surface area contributed by atoms with Crippen LogP contribution < -0.4 is 11.1 Å². The van der Waals surface area contributed by atoms with E-state index in [1.54, 1.807) is 13.8 Å². The van der Waals surface area contributed by atoms with Crippen molar-refractivity contribution in [3.8, 4) is 0 Å². The normalized spacial score (nSPS) is 15.9. The number of nitrogens with zero attached hydrogens (tertiary/aromatic N) is 2. The summed E-state index contributed by atoms with van der Waals surface area (Å²) in [4.78, 5) is 27.4. The molecular weight excluding hydrogens is 303 g/mol. The lowest BCUT2D eigenvalue weighted by Crippen LogP contribution is -2.50. The highest BCUT2D eigenvalue weighted by molar-refractivity contribution is 5.86. The minimum Gasteiger partial charge on any atom is -0.354 e. The van der Waals surface area contributed by atoms with Crippen LogP contribution in [0.15, 0.2) is 0 Å². The molecule has 0 aliphatic carbocycles. The average molecular weight is 329 g/mol. The van der Waals surface area contributed by atoms with Gasteiger partial charge in [-0.3, -0.25) is 9.59 Å². The van der Waals surface area contributed by atoms with Crippen molar-refractivity contribution >= 4 is 36.6 Å². The van der Waals surface area contributed by atoms with Crippen LogP contribution in [-0.4, -0.2) is 66.9 Å². The molecule has 8 heteroatoms. The zero-order valence-electron chi connectivity index (χ0n) is 12.3. The summed E-state index contributed by atoms with van der Waals surface area (Å²) in [6, 6.07) is 0. The largest absolute Gasteiger partial charge is 0.354 e. The van der Waals surface area contributed by atoms with Crippen LogP contribution in [-0.2, 0) is 9.59 Å². The molecule has 0 unspecified atom stereocenters. The number of likely N-dealkylation sites (N-methyl/N-ethyl adjacent to an activating group) is 1. The van der Waals surface area contributed by atoms with Gasteiger partial charge in [-0.2, -0.15) is 0 Å². The first-order valence-electron chi connectivity index (χ1n) is 6.34. The quantitative estimate of drug-likeness (QED) is 0.752. The number of hydrogen-bond donors (Lipinski definition) is 2. The van der Waals surface area contributed by atoms with Crippen LogP contribution in [0.4, 0.5) is 0 Å². The molecule has 0 spiro atoms. The van der Waals surface area contributed by atoms with Crippen LogP contribution in [0.25, 0.3) is 0 Å². The van der Waals surface area contributed by atoms with Crippen LogP contribution in [0.3, 0.4) is 0 Å². The monoisotopic (exact) mass is 328 g/mol. The molecule has 0 radical (unpaired) electrons. The number of halogens is 2. The first-order chi connectivity index (χ1) is 8.30. The van der Waals surface area contributed by atoms with Gasteiger partial charge in [0.05, 0.1) is 5.54 Å². The predicted molar refractivity (Wildman–Crippen MR) is 84.5 cm³/mol. The highest BCUT2D eigenvalue weighted by atomic mass is 35.5. The Balaban J connectivity index is 0. The van der Waals surface area contributed by atoms with Crippen molar-refractivity contribution in [3.05, 3.63) is 0 Å².